The highest BCUT2D eigenvalue weighted by molar-refractivity contribution is 5.11. The van der Waals surface area contributed by atoms with Crippen molar-refractivity contribution in [1.82, 2.24) is 15.1 Å². The van der Waals surface area contributed by atoms with Crippen LogP contribution in [0.15, 0.2) is 12.4 Å². The van der Waals surface area contributed by atoms with Crippen molar-refractivity contribution >= 4 is 0 Å². The molecule has 15 heavy (non-hydrogen) atoms. The first-order chi connectivity index (χ1) is 7.29. The lowest BCUT2D eigenvalue weighted by Crippen LogP contribution is -2.34. The molecule has 1 aromatic heterocycles. The molecular formula is C12H21N3. The normalized spacial score (nSPS) is 26.8. The Morgan fingerprint density at radius 3 is 3.13 bits per heavy atom. The predicted octanol–water partition coefficient (Wildman–Crippen LogP) is 2.50. The molecule has 0 saturated carbocycles. The Kier molecular flexibility index (Phi) is 3.41. The van der Waals surface area contributed by atoms with Crippen molar-refractivity contribution in [3.8, 4) is 0 Å². The number of piperidine rings is 1. The van der Waals surface area contributed by atoms with Crippen LogP contribution >= 0.6 is 0 Å². The second-order valence-electron chi connectivity index (χ2n) is 4.59. The molecule has 0 aromatic carbocycles. The Balaban J connectivity index is 2.01. The van der Waals surface area contributed by atoms with Crippen molar-refractivity contribution in [2.24, 2.45) is 0 Å². The number of aromatic nitrogens is 2. The van der Waals surface area contributed by atoms with Gasteiger partial charge in [-0.1, -0.05) is 13.3 Å². The number of nitrogens with one attached hydrogen (secondary N) is 1. The highest BCUT2D eigenvalue weighted by Crippen LogP contribution is 2.24. The third kappa shape index (κ3) is 2.59. The molecule has 0 aliphatic carbocycles. The molecule has 0 radical (unpaired) electrons. The van der Waals surface area contributed by atoms with Crippen LogP contribution in [0.5, 0.6) is 0 Å². The SMILES string of the molecule is CCCn1cc(C2CCCC(C)N2)cn1. The number of nitrogens with zero attached hydrogens (tertiary/aromatic N) is 2. The minimum absolute atomic E-state index is 0.527. The largest absolute Gasteiger partial charge is 0.307 e. The average molecular weight is 207 g/mol. The summed E-state index contributed by atoms with van der Waals surface area (Å²) >= 11 is 0. The van der Waals surface area contributed by atoms with E-state index in [1.54, 1.807) is 0 Å². The molecule has 1 aliphatic heterocycles. The molecule has 0 amide bonds. The van der Waals surface area contributed by atoms with Crippen LogP contribution in [0.1, 0.15) is 51.1 Å². The van der Waals surface area contributed by atoms with Crippen molar-refractivity contribution in [2.75, 3.05) is 0 Å². The molecule has 0 spiro atoms. The summed E-state index contributed by atoms with van der Waals surface area (Å²) < 4.78 is 2.05. The summed E-state index contributed by atoms with van der Waals surface area (Å²) in [5, 5.41) is 8.02. The Labute approximate surface area is 91.9 Å². The summed E-state index contributed by atoms with van der Waals surface area (Å²) in [6.45, 7) is 5.48. The molecule has 2 atom stereocenters. The standard InChI is InChI=1S/C12H21N3/c1-3-7-15-9-11(8-13-15)12-6-4-5-10(2)14-12/h8-10,12,14H,3-7H2,1-2H3. The summed E-state index contributed by atoms with van der Waals surface area (Å²) in [7, 11) is 0. The lowest BCUT2D eigenvalue weighted by Gasteiger charge is -2.27. The zero-order valence-corrected chi connectivity index (χ0v) is 9.74. The van der Waals surface area contributed by atoms with Crippen LogP contribution in [0.4, 0.5) is 0 Å². The maximum Gasteiger partial charge on any atom is 0.0537 e. The van der Waals surface area contributed by atoms with Gasteiger partial charge in [0.25, 0.3) is 0 Å². The van der Waals surface area contributed by atoms with E-state index in [2.05, 4.69) is 35.1 Å². The molecule has 1 N–H and O–H groups in total. The molecule has 1 aromatic rings. The van der Waals surface area contributed by atoms with E-state index >= 15 is 0 Å². The number of rotatable bonds is 3. The fraction of sp³-hybridized carbons (Fsp3) is 0.750. The van der Waals surface area contributed by atoms with E-state index in [1.165, 1.54) is 24.8 Å². The van der Waals surface area contributed by atoms with Gasteiger partial charge in [0.2, 0.25) is 0 Å². The molecule has 1 saturated heterocycles. The van der Waals surface area contributed by atoms with E-state index in [1.807, 2.05) is 6.20 Å². The number of hydrogen-bond donors (Lipinski definition) is 1. The molecule has 3 nitrogen and oxygen atoms in total. The minimum Gasteiger partial charge on any atom is -0.307 e. The van der Waals surface area contributed by atoms with Crippen molar-refractivity contribution in [3.05, 3.63) is 18.0 Å². The zero-order valence-electron chi connectivity index (χ0n) is 9.74. The molecule has 2 rings (SSSR count). The van der Waals surface area contributed by atoms with Gasteiger partial charge in [-0.25, -0.2) is 0 Å². The Morgan fingerprint density at radius 2 is 2.40 bits per heavy atom. The summed E-state index contributed by atoms with van der Waals surface area (Å²) in [6.07, 6.45) is 9.25. The van der Waals surface area contributed by atoms with Gasteiger partial charge in [0.05, 0.1) is 6.20 Å². The van der Waals surface area contributed by atoms with Gasteiger partial charge in [-0.15, -0.1) is 0 Å². The smallest absolute Gasteiger partial charge is 0.0537 e. The van der Waals surface area contributed by atoms with E-state index in [-0.39, 0.29) is 0 Å². The van der Waals surface area contributed by atoms with E-state index in [0.29, 0.717) is 12.1 Å². The van der Waals surface area contributed by atoms with Gasteiger partial charge in [0.15, 0.2) is 0 Å². The molecule has 84 valence electrons. The lowest BCUT2D eigenvalue weighted by molar-refractivity contribution is 0.341. The molecule has 2 unspecified atom stereocenters. The number of hydrogen-bond acceptors (Lipinski definition) is 2. The van der Waals surface area contributed by atoms with E-state index in [9.17, 15) is 0 Å². The minimum atomic E-state index is 0.527. The maximum atomic E-state index is 4.38. The number of aryl methyl sites for hydroxylation is 1. The summed E-state index contributed by atoms with van der Waals surface area (Å²) in [6, 6.07) is 1.18. The summed E-state index contributed by atoms with van der Waals surface area (Å²) in [5.74, 6) is 0. The topological polar surface area (TPSA) is 29.9 Å². The third-order valence-corrected chi connectivity index (χ3v) is 3.12. The predicted molar refractivity (Wildman–Crippen MR) is 61.7 cm³/mol. The first-order valence-corrected chi connectivity index (χ1v) is 6.08. The monoisotopic (exact) mass is 207 g/mol. The second kappa shape index (κ2) is 4.79. The van der Waals surface area contributed by atoms with E-state index < -0.39 is 0 Å². The van der Waals surface area contributed by atoms with E-state index in [4.69, 9.17) is 0 Å². The van der Waals surface area contributed by atoms with Gasteiger partial charge in [0, 0.05) is 30.4 Å². The van der Waals surface area contributed by atoms with Gasteiger partial charge < -0.3 is 5.32 Å². The van der Waals surface area contributed by atoms with Crippen molar-refractivity contribution < 1.29 is 0 Å². The van der Waals surface area contributed by atoms with Crippen molar-refractivity contribution in [3.63, 3.8) is 0 Å². The van der Waals surface area contributed by atoms with Crippen LogP contribution in [-0.2, 0) is 6.54 Å². The van der Waals surface area contributed by atoms with Crippen molar-refractivity contribution in [2.45, 2.75) is 58.2 Å². The highest BCUT2D eigenvalue weighted by Gasteiger charge is 2.20. The van der Waals surface area contributed by atoms with Crippen LogP contribution in [0, 0.1) is 0 Å². The van der Waals surface area contributed by atoms with Crippen LogP contribution in [0.25, 0.3) is 0 Å². The van der Waals surface area contributed by atoms with Gasteiger partial charge in [0.1, 0.15) is 0 Å². The first kappa shape index (κ1) is 10.7. The van der Waals surface area contributed by atoms with Gasteiger partial charge in [-0.05, 0) is 26.2 Å². The van der Waals surface area contributed by atoms with Crippen LogP contribution < -0.4 is 5.32 Å². The molecular weight excluding hydrogens is 186 g/mol. The molecule has 3 heteroatoms. The van der Waals surface area contributed by atoms with Crippen LogP contribution in [0.3, 0.4) is 0 Å². The zero-order chi connectivity index (χ0) is 10.7. The summed E-state index contributed by atoms with van der Waals surface area (Å²) in [5.41, 5.74) is 1.36. The fourth-order valence-corrected chi connectivity index (χ4v) is 2.31. The lowest BCUT2D eigenvalue weighted by atomic mass is 9.96. The van der Waals surface area contributed by atoms with E-state index in [0.717, 1.165) is 13.0 Å². The van der Waals surface area contributed by atoms with Gasteiger partial charge in [-0.2, -0.15) is 5.10 Å². The fourth-order valence-electron chi connectivity index (χ4n) is 2.31. The molecule has 2 heterocycles. The Morgan fingerprint density at radius 1 is 1.53 bits per heavy atom. The Hall–Kier alpha value is -0.830. The van der Waals surface area contributed by atoms with Gasteiger partial charge in [-0.3, -0.25) is 4.68 Å². The Bertz CT molecular complexity index is 306. The highest BCUT2D eigenvalue weighted by atomic mass is 15.3. The van der Waals surface area contributed by atoms with Crippen molar-refractivity contribution in [1.29, 1.82) is 0 Å². The first-order valence-electron chi connectivity index (χ1n) is 6.08. The maximum absolute atomic E-state index is 4.38. The van der Waals surface area contributed by atoms with Crippen LogP contribution in [0.2, 0.25) is 0 Å². The van der Waals surface area contributed by atoms with Gasteiger partial charge >= 0.3 is 0 Å². The molecule has 1 fully saturated rings. The molecule has 0 bridgehead atoms. The average Bonchev–Trinajstić information content (AvgIpc) is 2.67. The third-order valence-electron chi connectivity index (χ3n) is 3.12. The summed E-state index contributed by atoms with van der Waals surface area (Å²) in [4.78, 5) is 0. The second-order valence-corrected chi connectivity index (χ2v) is 4.59. The van der Waals surface area contributed by atoms with Crippen LogP contribution in [-0.4, -0.2) is 15.8 Å². The quantitative estimate of drug-likeness (QED) is 0.825. The molecule has 1 aliphatic rings.